The first kappa shape index (κ1) is 36.9. The molecule has 1 unspecified atom stereocenters. The molecule has 0 aliphatic heterocycles. The largest absolute Gasteiger partial charge is 1.00 e. The number of carbonyl (C=O) groups is 1. The zero-order valence-electron chi connectivity index (χ0n) is 26.6. The molecule has 0 spiro atoms. The number of halogens is 2. The minimum absolute atomic E-state index is 0. The van der Waals surface area contributed by atoms with Gasteiger partial charge in [-0.05, 0) is 64.4 Å². The zero-order valence-corrected chi connectivity index (χ0v) is 30.9. The molecule has 0 fully saturated rings. The fraction of sp³-hybridized carbons (Fsp3) is 0.222. The fourth-order valence-corrected chi connectivity index (χ4v) is 6.05. The monoisotopic (exact) mass is 698 g/mol. The van der Waals surface area contributed by atoms with Crippen molar-refractivity contribution in [3.8, 4) is 22.5 Å². The summed E-state index contributed by atoms with van der Waals surface area (Å²) in [5.41, 5.74) is 7.00. The van der Waals surface area contributed by atoms with Crippen molar-refractivity contribution in [2.24, 2.45) is 0 Å². The Kier molecular flexibility index (Phi) is 12.2. The van der Waals surface area contributed by atoms with Gasteiger partial charge in [0.15, 0.2) is 5.76 Å². The van der Waals surface area contributed by atoms with Crippen LogP contribution in [-0.2, 0) is 22.0 Å². The SMILES string of the molecule is CC(C)(C)c1ccc(C(Cc2ccc(C(=O)NCCS(=O)(=O)[O-])cc2)c2cc(-c3cccc(-c4ccc(Cl)cc4Cl)c3)on2)cc1.[Na+]. The van der Waals surface area contributed by atoms with Gasteiger partial charge in [-0.15, -0.1) is 0 Å². The van der Waals surface area contributed by atoms with Crippen molar-refractivity contribution < 1.29 is 51.8 Å². The first-order chi connectivity index (χ1) is 21.8. The van der Waals surface area contributed by atoms with E-state index in [9.17, 15) is 17.8 Å². The standard InChI is InChI=1S/C36H34Cl2N2O5S.Na/c1-36(2,3)28-13-11-24(12-14-28)31(19-23-7-9-25(10-8-23)35(41)39-17-18-46(42,43)44)33-22-34(45-40-33)27-6-4-5-26(20-27)30-16-15-29(37)21-32(30)38;/h4-16,20-22,31H,17-19H2,1-3H3,(H,39,41)(H,42,43,44);/q;+1/p-1. The molecular formula is C36H33Cl2N2NaO5S. The summed E-state index contributed by atoms with van der Waals surface area (Å²) in [5, 5.41) is 8.10. The van der Waals surface area contributed by atoms with Gasteiger partial charge in [-0.3, -0.25) is 4.79 Å². The van der Waals surface area contributed by atoms with Crippen LogP contribution in [0, 0.1) is 0 Å². The van der Waals surface area contributed by atoms with Crippen molar-refractivity contribution >= 4 is 39.2 Å². The minimum atomic E-state index is -4.41. The second kappa shape index (κ2) is 15.5. The predicted octanol–water partition coefficient (Wildman–Crippen LogP) is 5.27. The number of nitrogens with zero attached hydrogens (tertiary/aromatic N) is 1. The number of hydrogen-bond donors (Lipinski definition) is 1. The number of nitrogens with one attached hydrogen (secondary N) is 1. The van der Waals surface area contributed by atoms with Gasteiger partial charge in [-0.2, -0.15) is 0 Å². The molecular weight excluding hydrogens is 666 g/mol. The average molecular weight is 700 g/mol. The Morgan fingerprint density at radius 1 is 0.915 bits per heavy atom. The summed E-state index contributed by atoms with van der Waals surface area (Å²) >= 11 is 12.6. The van der Waals surface area contributed by atoms with Crippen LogP contribution < -0.4 is 34.9 Å². The van der Waals surface area contributed by atoms with Gasteiger partial charge in [-0.25, -0.2) is 8.42 Å². The van der Waals surface area contributed by atoms with Crippen LogP contribution in [0.2, 0.25) is 10.0 Å². The van der Waals surface area contributed by atoms with Crippen LogP contribution in [0.15, 0.2) is 102 Å². The molecule has 0 saturated heterocycles. The van der Waals surface area contributed by atoms with Gasteiger partial charge < -0.3 is 14.4 Å². The average Bonchev–Trinajstić information content (AvgIpc) is 3.49. The third-order valence-corrected chi connectivity index (χ3v) is 9.00. The Morgan fingerprint density at radius 3 is 2.23 bits per heavy atom. The van der Waals surface area contributed by atoms with E-state index in [2.05, 4.69) is 55.5 Å². The van der Waals surface area contributed by atoms with Gasteiger partial charge in [0.25, 0.3) is 5.91 Å². The van der Waals surface area contributed by atoms with Crippen molar-refractivity contribution in [2.75, 3.05) is 12.3 Å². The van der Waals surface area contributed by atoms with Gasteiger partial charge >= 0.3 is 29.6 Å². The van der Waals surface area contributed by atoms with E-state index in [0.29, 0.717) is 27.8 Å². The van der Waals surface area contributed by atoms with Crippen LogP contribution in [0.3, 0.4) is 0 Å². The molecule has 1 aromatic heterocycles. The second-order valence-corrected chi connectivity index (χ2v) is 14.5. The van der Waals surface area contributed by atoms with Crippen molar-refractivity contribution in [1.82, 2.24) is 10.5 Å². The predicted molar refractivity (Wildman–Crippen MR) is 181 cm³/mol. The smallest absolute Gasteiger partial charge is 0.748 e. The molecule has 5 rings (SSSR count). The van der Waals surface area contributed by atoms with Crippen LogP contribution in [0.25, 0.3) is 22.5 Å². The molecule has 4 aromatic carbocycles. The molecule has 1 atom stereocenters. The third-order valence-electron chi connectivity index (χ3n) is 7.75. The van der Waals surface area contributed by atoms with Crippen molar-refractivity contribution in [1.29, 1.82) is 0 Å². The van der Waals surface area contributed by atoms with E-state index in [1.807, 2.05) is 48.5 Å². The van der Waals surface area contributed by atoms with E-state index >= 15 is 0 Å². The van der Waals surface area contributed by atoms with Crippen LogP contribution in [-0.4, -0.2) is 36.3 Å². The molecule has 0 aliphatic rings. The molecule has 47 heavy (non-hydrogen) atoms. The molecule has 0 bridgehead atoms. The van der Waals surface area contributed by atoms with Crippen molar-refractivity contribution in [3.05, 3.63) is 135 Å². The Balaban J connectivity index is 0.00000500. The van der Waals surface area contributed by atoms with Gasteiger partial charge in [0.05, 0.1) is 21.6 Å². The second-order valence-electron chi connectivity index (χ2n) is 12.2. The van der Waals surface area contributed by atoms with E-state index in [0.717, 1.165) is 33.5 Å². The third kappa shape index (κ3) is 9.80. The maximum Gasteiger partial charge on any atom is 1.00 e. The molecule has 1 N–H and O–H groups in total. The molecule has 238 valence electrons. The van der Waals surface area contributed by atoms with E-state index in [4.69, 9.17) is 27.7 Å². The van der Waals surface area contributed by atoms with E-state index in [1.54, 1.807) is 24.3 Å². The van der Waals surface area contributed by atoms with Gasteiger partial charge in [0, 0.05) is 45.3 Å². The van der Waals surface area contributed by atoms with E-state index in [1.165, 1.54) is 5.56 Å². The normalized spacial score (nSPS) is 12.3. The topological polar surface area (TPSA) is 112 Å². The molecule has 11 heteroatoms. The Morgan fingerprint density at radius 2 is 1.60 bits per heavy atom. The summed E-state index contributed by atoms with van der Waals surface area (Å²) in [7, 11) is -4.41. The summed E-state index contributed by atoms with van der Waals surface area (Å²) in [6, 6.07) is 30.8. The molecule has 0 radical (unpaired) electrons. The Hall–Kier alpha value is -2.95. The van der Waals surface area contributed by atoms with Gasteiger partial charge in [-0.1, -0.05) is 110 Å². The number of amides is 1. The molecule has 5 aromatic rings. The number of benzene rings is 4. The van der Waals surface area contributed by atoms with Crippen LogP contribution >= 0.6 is 23.2 Å². The summed E-state index contributed by atoms with van der Waals surface area (Å²) in [6.07, 6.45) is 0.581. The molecule has 0 saturated carbocycles. The zero-order chi connectivity index (χ0) is 33.1. The van der Waals surface area contributed by atoms with Crippen LogP contribution in [0.5, 0.6) is 0 Å². The summed E-state index contributed by atoms with van der Waals surface area (Å²) < 4.78 is 38.4. The summed E-state index contributed by atoms with van der Waals surface area (Å²) in [5.74, 6) is -0.647. The number of hydrogen-bond acceptors (Lipinski definition) is 6. The maximum atomic E-state index is 12.5. The minimum Gasteiger partial charge on any atom is -0.748 e. The summed E-state index contributed by atoms with van der Waals surface area (Å²) in [4.78, 5) is 12.5. The molecule has 1 heterocycles. The van der Waals surface area contributed by atoms with E-state index in [-0.39, 0.29) is 47.4 Å². The van der Waals surface area contributed by atoms with Crippen molar-refractivity contribution in [2.45, 2.75) is 38.5 Å². The van der Waals surface area contributed by atoms with Crippen molar-refractivity contribution in [3.63, 3.8) is 0 Å². The number of carbonyl (C=O) groups excluding carboxylic acids is 1. The molecule has 1 amide bonds. The van der Waals surface area contributed by atoms with Gasteiger partial charge in [0.1, 0.15) is 0 Å². The van der Waals surface area contributed by atoms with Crippen LogP contribution in [0.4, 0.5) is 0 Å². The fourth-order valence-electron chi connectivity index (χ4n) is 5.18. The summed E-state index contributed by atoms with van der Waals surface area (Å²) in [6.45, 7) is 6.27. The Labute approximate surface area is 307 Å². The first-order valence-electron chi connectivity index (χ1n) is 14.7. The van der Waals surface area contributed by atoms with Crippen LogP contribution in [0.1, 0.15) is 59.4 Å². The Bertz CT molecular complexity index is 1950. The quantitative estimate of drug-likeness (QED) is 0.157. The maximum absolute atomic E-state index is 12.5. The molecule has 7 nitrogen and oxygen atoms in total. The van der Waals surface area contributed by atoms with Gasteiger partial charge in [0.2, 0.25) is 0 Å². The number of rotatable bonds is 10. The number of aromatic nitrogens is 1. The molecule has 0 aliphatic carbocycles. The van der Waals surface area contributed by atoms with E-state index < -0.39 is 21.8 Å². The first-order valence-corrected chi connectivity index (χ1v) is 17.0.